The Morgan fingerprint density at radius 2 is 2.16 bits per heavy atom. The third kappa shape index (κ3) is 3.02. The number of fused-ring (bicyclic) bond motifs is 2. The summed E-state index contributed by atoms with van der Waals surface area (Å²) in [4.78, 5) is 12.6. The van der Waals surface area contributed by atoms with Crippen LogP contribution in [0.4, 0.5) is 0 Å². The molecule has 0 bridgehead atoms. The SMILES string of the molecule is CCn1nnc2cc(C(=O)NCC3CCCc4ccccc43)ccc21. The lowest BCUT2D eigenvalue weighted by Gasteiger charge is -2.25. The lowest BCUT2D eigenvalue weighted by Crippen LogP contribution is -2.29. The molecule has 1 aliphatic carbocycles. The molecule has 1 N–H and O–H groups in total. The number of hydrogen-bond acceptors (Lipinski definition) is 3. The van der Waals surface area contributed by atoms with E-state index in [2.05, 4.69) is 39.9 Å². The molecule has 1 aliphatic rings. The molecule has 4 rings (SSSR count). The average Bonchev–Trinajstić information content (AvgIpc) is 3.08. The van der Waals surface area contributed by atoms with Crippen molar-refractivity contribution in [3.8, 4) is 0 Å². The molecule has 1 amide bonds. The Hall–Kier alpha value is -2.69. The third-order valence-electron chi connectivity index (χ3n) is 5.08. The molecular weight excluding hydrogens is 312 g/mol. The van der Waals surface area contributed by atoms with E-state index >= 15 is 0 Å². The van der Waals surface area contributed by atoms with Gasteiger partial charge in [0.1, 0.15) is 5.52 Å². The first kappa shape index (κ1) is 15.8. The van der Waals surface area contributed by atoms with Crippen molar-refractivity contribution in [2.75, 3.05) is 6.54 Å². The Morgan fingerprint density at radius 3 is 3.04 bits per heavy atom. The second-order valence-corrected chi connectivity index (χ2v) is 6.61. The molecule has 3 aromatic rings. The number of aryl methyl sites for hydroxylation is 2. The minimum absolute atomic E-state index is 0.0454. The van der Waals surface area contributed by atoms with Crippen LogP contribution in [0.25, 0.3) is 11.0 Å². The van der Waals surface area contributed by atoms with E-state index in [0.29, 0.717) is 18.0 Å². The van der Waals surface area contributed by atoms with E-state index in [-0.39, 0.29) is 5.91 Å². The van der Waals surface area contributed by atoms with Crippen LogP contribution in [0.2, 0.25) is 0 Å². The van der Waals surface area contributed by atoms with Gasteiger partial charge in [-0.05, 0) is 55.5 Å². The highest BCUT2D eigenvalue weighted by molar-refractivity contribution is 5.97. The maximum atomic E-state index is 12.6. The third-order valence-corrected chi connectivity index (χ3v) is 5.08. The van der Waals surface area contributed by atoms with Gasteiger partial charge in [0.25, 0.3) is 5.91 Å². The maximum absolute atomic E-state index is 12.6. The largest absolute Gasteiger partial charge is 0.351 e. The van der Waals surface area contributed by atoms with Crippen molar-refractivity contribution in [1.82, 2.24) is 20.3 Å². The molecule has 1 heterocycles. The van der Waals surface area contributed by atoms with E-state index < -0.39 is 0 Å². The van der Waals surface area contributed by atoms with Crippen LogP contribution in [-0.2, 0) is 13.0 Å². The van der Waals surface area contributed by atoms with Crippen molar-refractivity contribution >= 4 is 16.9 Å². The Bertz CT molecular complexity index is 915. The molecule has 5 nitrogen and oxygen atoms in total. The van der Waals surface area contributed by atoms with Crippen molar-refractivity contribution in [2.45, 2.75) is 38.6 Å². The normalized spacial score (nSPS) is 16.6. The topological polar surface area (TPSA) is 59.8 Å². The van der Waals surface area contributed by atoms with Gasteiger partial charge in [0.2, 0.25) is 0 Å². The van der Waals surface area contributed by atoms with Gasteiger partial charge in [-0.1, -0.05) is 29.5 Å². The van der Waals surface area contributed by atoms with Crippen molar-refractivity contribution in [3.63, 3.8) is 0 Å². The number of nitrogens with zero attached hydrogens (tertiary/aromatic N) is 3. The zero-order valence-electron chi connectivity index (χ0n) is 14.4. The number of hydrogen-bond donors (Lipinski definition) is 1. The Labute approximate surface area is 147 Å². The van der Waals surface area contributed by atoms with Crippen LogP contribution < -0.4 is 5.32 Å². The molecule has 1 aromatic heterocycles. The van der Waals surface area contributed by atoms with Gasteiger partial charge in [0.15, 0.2) is 0 Å². The maximum Gasteiger partial charge on any atom is 0.251 e. The molecule has 0 saturated heterocycles. The highest BCUT2D eigenvalue weighted by Gasteiger charge is 2.20. The Balaban J connectivity index is 1.48. The Morgan fingerprint density at radius 1 is 1.28 bits per heavy atom. The second kappa shape index (κ2) is 6.67. The number of aromatic nitrogens is 3. The molecule has 1 atom stereocenters. The molecule has 0 saturated carbocycles. The molecule has 2 aromatic carbocycles. The predicted molar refractivity (Wildman–Crippen MR) is 97.7 cm³/mol. The predicted octanol–water partition coefficient (Wildman–Crippen LogP) is 3.30. The summed E-state index contributed by atoms with van der Waals surface area (Å²) in [7, 11) is 0. The number of carbonyl (C=O) groups is 1. The van der Waals surface area contributed by atoms with Gasteiger partial charge in [0.05, 0.1) is 5.52 Å². The van der Waals surface area contributed by atoms with E-state index in [4.69, 9.17) is 0 Å². The molecule has 1 unspecified atom stereocenters. The van der Waals surface area contributed by atoms with Gasteiger partial charge in [-0.25, -0.2) is 4.68 Å². The van der Waals surface area contributed by atoms with Gasteiger partial charge >= 0.3 is 0 Å². The summed E-state index contributed by atoms with van der Waals surface area (Å²) >= 11 is 0. The molecule has 0 spiro atoms. The van der Waals surface area contributed by atoms with E-state index in [9.17, 15) is 4.79 Å². The van der Waals surface area contributed by atoms with Crippen LogP contribution in [0, 0.1) is 0 Å². The van der Waals surface area contributed by atoms with Gasteiger partial charge in [0, 0.05) is 24.6 Å². The van der Waals surface area contributed by atoms with Crippen molar-refractivity contribution in [2.24, 2.45) is 0 Å². The fourth-order valence-corrected chi connectivity index (χ4v) is 3.73. The Kier molecular flexibility index (Phi) is 4.22. The van der Waals surface area contributed by atoms with Gasteiger partial charge in [-0.15, -0.1) is 5.10 Å². The molecule has 0 aliphatic heterocycles. The number of rotatable bonds is 4. The number of amides is 1. The van der Waals surface area contributed by atoms with Crippen molar-refractivity contribution in [3.05, 3.63) is 59.2 Å². The fraction of sp³-hybridized carbons (Fsp3) is 0.350. The van der Waals surface area contributed by atoms with Gasteiger partial charge in [-0.2, -0.15) is 0 Å². The first-order chi connectivity index (χ1) is 12.3. The first-order valence-electron chi connectivity index (χ1n) is 8.95. The molecule has 25 heavy (non-hydrogen) atoms. The summed E-state index contributed by atoms with van der Waals surface area (Å²) in [5, 5.41) is 11.3. The molecule has 0 fully saturated rings. The summed E-state index contributed by atoms with van der Waals surface area (Å²) in [6, 6.07) is 14.2. The quantitative estimate of drug-likeness (QED) is 0.796. The van der Waals surface area contributed by atoms with Gasteiger partial charge in [-0.3, -0.25) is 4.79 Å². The summed E-state index contributed by atoms with van der Waals surface area (Å²) in [6.45, 7) is 3.47. The first-order valence-corrected chi connectivity index (χ1v) is 8.95. The fourth-order valence-electron chi connectivity index (χ4n) is 3.73. The average molecular weight is 334 g/mol. The van der Waals surface area contributed by atoms with E-state index in [0.717, 1.165) is 30.4 Å². The van der Waals surface area contributed by atoms with Gasteiger partial charge < -0.3 is 5.32 Å². The van der Waals surface area contributed by atoms with Crippen LogP contribution in [0.15, 0.2) is 42.5 Å². The minimum Gasteiger partial charge on any atom is -0.351 e. The standard InChI is InChI=1S/C20H22N4O/c1-2-24-19-11-10-15(12-18(19)22-23-24)20(25)21-13-16-8-5-7-14-6-3-4-9-17(14)16/h3-4,6,9-12,16H,2,5,7-8,13H2,1H3,(H,21,25). The van der Waals surface area contributed by atoms with E-state index in [1.807, 2.05) is 29.8 Å². The molecule has 5 heteroatoms. The lowest BCUT2D eigenvalue weighted by molar-refractivity contribution is 0.0950. The summed E-state index contributed by atoms with van der Waals surface area (Å²) in [5.41, 5.74) is 5.17. The lowest BCUT2D eigenvalue weighted by atomic mass is 9.83. The van der Waals surface area contributed by atoms with Crippen molar-refractivity contribution in [1.29, 1.82) is 0 Å². The van der Waals surface area contributed by atoms with Crippen LogP contribution in [-0.4, -0.2) is 27.4 Å². The summed E-state index contributed by atoms with van der Waals surface area (Å²) in [6.07, 6.45) is 3.45. The molecule has 0 radical (unpaired) electrons. The smallest absolute Gasteiger partial charge is 0.251 e. The zero-order valence-corrected chi connectivity index (χ0v) is 14.4. The van der Waals surface area contributed by atoms with Crippen LogP contribution >= 0.6 is 0 Å². The summed E-state index contributed by atoms with van der Waals surface area (Å²) in [5.74, 6) is 0.356. The monoisotopic (exact) mass is 334 g/mol. The highest BCUT2D eigenvalue weighted by atomic mass is 16.1. The minimum atomic E-state index is -0.0454. The van der Waals surface area contributed by atoms with Crippen LogP contribution in [0.3, 0.4) is 0 Å². The zero-order chi connectivity index (χ0) is 17.2. The number of nitrogens with one attached hydrogen (secondary N) is 1. The van der Waals surface area contributed by atoms with Crippen LogP contribution in [0.1, 0.15) is 47.2 Å². The van der Waals surface area contributed by atoms with Crippen LogP contribution in [0.5, 0.6) is 0 Å². The number of benzene rings is 2. The highest BCUT2D eigenvalue weighted by Crippen LogP contribution is 2.30. The van der Waals surface area contributed by atoms with E-state index in [1.165, 1.54) is 17.5 Å². The number of carbonyl (C=O) groups excluding carboxylic acids is 1. The molecular formula is C20H22N4O. The van der Waals surface area contributed by atoms with E-state index in [1.54, 1.807) is 0 Å². The summed E-state index contributed by atoms with van der Waals surface area (Å²) < 4.78 is 1.83. The molecule has 128 valence electrons. The van der Waals surface area contributed by atoms with Crippen molar-refractivity contribution < 1.29 is 4.79 Å². The second-order valence-electron chi connectivity index (χ2n) is 6.61.